The molecule has 1 N–H and O–H groups in total. The molecule has 0 bridgehead atoms. The molecule has 1 saturated heterocycles. The van der Waals surface area contributed by atoms with Crippen LogP contribution >= 0.6 is 0 Å². The molecule has 0 aliphatic carbocycles. The number of nitrogens with one attached hydrogen (secondary N) is 1. The van der Waals surface area contributed by atoms with Gasteiger partial charge in [0.2, 0.25) is 0 Å². The number of methoxy groups -OCH3 is 1. The van der Waals surface area contributed by atoms with Crippen LogP contribution in [0.4, 0.5) is 0 Å². The molecular formula is C17H26BNO4. The Morgan fingerprint density at radius 2 is 1.74 bits per heavy atom. The van der Waals surface area contributed by atoms with Crippen LogP contribution in [-0.2, 0) is 9.31 Å². The normalized spacial score (nSPS) is 19.0. The van der Waals surface area contributed by atoms with E-state index in [9.17, 15) is 4.79 Å². The van der Waals surface area contributed by atoms with Crippen molar-refractivity contribution in [3.05, 3.63) is 23.8 Å². The Hall–Kier alpha value is -1.53. The average molecular weight is 319 g/mol. The van der Waals surface area contributed by atoms with Gasteiger partial charge in [-0.1, -0.05) is 6.07 Å². The maximum atomic E-state index is 12.2. The van der Waals surface area contributed by atoms with E-state index in [1.165, 1.54) is 0 Å². The molecule has 2 rings (SSSR count). The maximum absolute atomic E-state index is 12.2. The molecule has 0 unspecified atom stereocenters. The third-order valence-corrected chi connectivity index (χ3v) is 4.42. The first-order chi connectivity index (χ1) is 10.6. The molecule has 1 aliphatic rings. The molecule has 0 spiro atoms. The third-order valence-electron chi connectivity index (χ3n) is 4.42. The molecule has 1 aromatic carbocycles. The van der Waals surface area contributed by atoms with Crippen LogP contribution in [0.25, 0.3) is 0 Å². The Labute approximate surface area is 138 Å². The number of carbonyl (C=O) groups is 1. The van der Waals surface area contributed by atoms with Crippen LogP contribution in [0.1, 0.15) is 51.9 Å². The first kappa shape index (κ1) is 17.8. The highest BCUT2D eigenvalue weighted by Gasteiger charge is 2.51. The number of hydrogen-bond donors (Lipinski definition) is 1. The summed E-state index contributed by atoms with van der Waals surface area (Å²) >= 11 is 0. The molecule has 1 aromatic rings. The van der Waals surface area contributed by atoms with Gasteiger partial charge in [-0.25, -0.2) is 0 Å². The minimum atomic E-state index is -0.476. The van der Waals surface area contributed by atoms with E-state index < -0.39 is 18.3 Å². The number of amides is 1. The van der Waals surface area contributed by atoms with Crippen molar-refractivity contribution in [3.8, 4) is 5.75 Å². The van der Waals surface area contributed by atoms with Crippen molar-refractivity contribution >= 4 is 18.5 Å². The van der Waals surface area contributed by atoms with Gasteiger partial charge in [0.25, 0.3) is 5.91 Å². The molecule has 1 aliphatic heterocycles. The standard InChI is InChI=1S/C17H26BNO4/c1-11(2)19-15(20)13-9-8-12(10-14(13)21-7)18-22-16(3,4)17(5,6)23-18/h8-11H,1-7H3,(H,19,20). The first-order valence-corrected chi connectivity index (χ1v) is 7.92. The number of hydrogen-bond acceptors (Lipinski definition) is 4. The molecule has 5 nitrogen and oxygen atoms in total. The lowest BCUT2D eigenvalue weighted by Crippen LogP contribution is -2.41. The summed E-state index contributed by atoms with van der Waals surface area (Å²) in [5, 5.41) is 2.87. The molecule has 0 aromatic heterocycles. The summed E-state index contributed by atoms with van der Waals surface area (Å²) in [5.41, 5.74) is 0.528. The molecule has 0 atom stereocenters. The summed E-state index contributed by atoms with van der Waals surface area (Å²) in [5.74, 6) is 0.354. The van der Waals surface area contributed by atoms with E-state index in [1.807, 2.05) is 47.6 Å². The maximum Gasteiger partial charge on any atom is 0.494 e. The van der Waals surface area contributed by atoms with Crippen molar-refractivity contribution in [1.29, 1.82) is 0 Å². The quantitative estimate of drug-likeness (QED) is 0.864. The van der Waals surface area contributed by atoms with Crippen LogP contribution in [0.3, 0.4) is 0 Å². The van der Waals surface area contributed by atoms with E-state index >= 15 is 0 Å². The molecule has 0 radical (unpaired) electrons. The molecule has 6 heteroatoms. The molecule has 1 fully saturated rings. The minimum Gasteiger partial charge on any atom is -0.496 e. The second-order valence-electron chi connectivity index (χ2n) is 7.18. The van der Waals surface area contributed by atoms with Gasteiger partial charge in [-0.3, -0.25) is 4.79 Å². The topological polar surface area (TPSA) is 56.8 Å². The highest BCUT2D eigenvalue weighted by Crippen LogP contribution is 2.36. The third kappa shape index (κ3) is 3.53. The Balaban J connectivity index is 2.28. The van der Waals surface area contributed by atoms with E-state index in [4.69, 9.17) is 14.0 Å². The predicted molar refractivity (Wildman–Crippen MR) is 91.3 cm³/mol. The first-order valence-electron chi connectivity index (χ1n) is 7.92. The lowest BCUT2D eigenvalue weighted by atomic mass is 9.78. The van der Waals surface area contributed by atoms with Gasteiger partial charge in [-0.15, -0.1) is 0 Å². The van der Waals surface area contributed by atoms with Crippen LogP contribution in [0.5, 0.6) is 5.75 Å². The van der Waals surface area contributed by atoms with Crippen molar-refractivity contribution in [2.24, 2.45) is 0 Å². The summed E-state index contributed by atoms with van der Waals surface area (Å²) in [6.07, 6.45) is 0. The molecule has 1 amide bonds. The van der Waals surface area contributed by atoms with Crippen molar-refractivity contribution in [1.82, 2.24) is 5.32 Å². The molecule has 1 heterocycles. The van der Waals surface area contributed by atoms with Gasteiger partial charge in [0.1, 0.15) is 5.75 Å². The number of ether oxygens (including phenoxy) is 1. The fourth-order valence-corrected chi connectivity index (χ4v) is 2.36. The number of benzene rings is 1. The lowest BCUT2D eigenvalue weighted by Gasteiger charge is -2.32. The van der Waals surface area contributed by atoms with E-state index in [0.717, 1.165) is 5.46 Å². The molecule has 23 heavy (non-hydrogen) atoms. The van der Waals surface area contributed by atoms with Gasteiger partial charge in [0.05, 0.1) is 23.9 Å². The monoisotopic (exact) mass is 319 g/mol. The van der Waals surface area contributed by atoms with Crippen molar-refractivity contribution in [3.63, 3.8) is 0 Å². The number of carbonyl (C=O) groups excluding carboxylic acids is 1. The van der Waals surface area contributed by atoms with Gasteiger partial charge < -0.3 is 19.4 Å². The van der Waals surface area contributed by atoms with Gasteiger partial charge in [-0.2, -0.15) is 0 Å². The van der Waals surface area contributed by atoms with Gasteiger partial charge in [-0.05, 0) is 59.1 Å². The summed E-state index contributed by atoms with van der Waals surface area (Å²) in [6, 6.07) is 5.46. The van der Waals surface area contributed by atoms with Gasteiger partial charge in [0, 0.05) is 6.04 Å². The SMILES string of the molecule is COc1cc(B2OC(C)(C)C(C)(C)O2)ccc1C(=O)NC(C)C. The minimum absolute atomic E-state index is 0.0648. The van der Waals surface area contributed by atoms with Crippen LogP contribution in [0.2, 0.25) is 0 Å². The molecule has 126 valence electrons. The highest BCUT2D eigenvalue weighted by atomic mass is 16.7. The zero-order valence-corrected chi connectivity index (χ0v) is 15.0. The van der Waals surface area contributed by atoms with Crippen LogP contribution in [-0.4, -0.2) is 37.4 Å². The Kier molecular flexibility index (Phi) is 4.78. The highest BCUT2D eigenvalue weighted by molar-refractivity contribution is 6.62. The summed E-state index contributed by atoms with van der Waals surface area (Å²) in [7, 11) is 1.08. The summed E-state index contributed by atoms with van der Waals surface area (Å²) in [4.78, 5) is 12.2. The van der Waals surface area contributed by atoms with E-state index in [1.54, 1.807) is 19.2 Å². The Bertz CT molecular complexity index is 582. The van der Waals surface area contributed by atoms with Crippen molar-refractivity contribution < 1.29 is 18.8 Å². The Morgan fingerprint density at radius 1 is 1.17 bits per heavy atom. The van der Waals surface area contributed by atoms with Crippen LogP contribution in [0.15, 0.2) is 18.2 Å². The second-order valence-corrected chi connectivity index (χ2v) is 7.18. The fraction of sp³-hybridized carbons (Fsp3) is 0.588. The van der Waals surface area contributed by atoms with E-state index in [0.29, 0.717) is 11.3 Å². The zero-order valence-electron chi connectivity index (χ0n) is 15.0. The lowest BCUT2D eigenvalue weighted by molar-refractivity contribution is 0.00578. The van der Waals surface area contributed by atoms with Crippen molar-refractivity contribution in [2.75, 3.05) is 7.11 Å². The van der Waals surface area contributed by atoms with Crippen molar-refractivity contribution in [2.45, 2.75) is 58.8 Å². The fourth-order valence-electron chi connectivity index (χ4n) is 2.36. The van der Waals surface area contributed by atoms with Crippen LogP contribution in [0, 0.1) is 0 Å². The molecular weight excluding hydrogens is 293 g/mol. The zero-order chi connectivity index (χ0) is 17.4. The smallest absolute Gasteiger partial charge is 0.494 e. The van der Waals surface area contributed by atoms with Gasteiger partial charge >= 0.3 is 7.12 Å². The largest absolute Gasteiger partial charge is 0.496 e. The van der Waals surface area contributed by atoms with E-state index in [-0.39, 0.29) is 11.9 Å². The van der Waals surface area contributed by atoms with Gasteiger partial charge in [0.15, 0.2) is 0 Å². The summed E-state index contributed by atoms with van der Waals surface area (Å²) < 4.78 is 17.5. The second kappa shape index (κ2) is 6.17. The van der Waals surface area contributed by atoms with E-state index in [2.05, 4.69) is 5.32 Å². The predicted octanol–water partition coefficient (Wildman–Crippen LogP) is 2.13. The number of rotatable bonds is 4. The Morgan fingerprint density at radius 3 is 2.22 bits per heavy atom. The molecule has 0 saturated carbocycles. The summed E-state index contributed by atoms with van der Waals surface area (Å²) in [6.45, 7) is 11.9. The average Bonchev–Trinajstić information content (AvgIpc) is 2.66. The van der Waals surface area contributed by atoms with Crippen LogP contribution < -0.4 is 15.5 Å².